The summed E-state index contributed by atoms with van der Waals surface area (Å²) in [6.45, 7) is 5.34. The van der Waals surface area contributed by atoms with Crippen molar-refractivity contribution in [3.05, 3.63) is 66.0 Å². The monoisotopic (exact) mass is 353 g/mol. The van der Waals surface area contributed by atoms with E-state index in [1.165, 1.54) is 5.56 Å². The Hall–Kier alpha value is -2.24. The van der Waals surface area contributed by atoms with Gasteiger partial charge >= 0.3 is 0 Å². The van der Waals surface area contributed by atoms with Gasteiger partial charge in [0.1, 0.15) is 0 Å². The van der Waals surface area contributed by atoms with E-state index in [0.29, 0.717) is 6.61 Å². The summed E-state index contributed by atoms with van der Waals surface area (Å²) in [5.41, 5.74) is 2.19. The van der Waals surface area contributed by atoms with E-state index in [4.69, 9.17) is 4.74 Å². The molecule has 1 atom stereocenters. The number of rotatable bonds is 7. The van der Waals surface area contributed by atoms with E-state index < -0.39 is 6.10 Å². The SMILES string of the molecule is CCOC(C(=O)NC1CCN(Cc2ccncc2)CC1)c1ccccc1. The number of ether oxygens (including phenoxy) is 1. The van der Waals surface area contributed by atoms with Crippen LogP contribution in [0.5, 0.6) is 0 Å². The van der Waals surface area contributed by atoms with E-state index in [-0.39, 0.29) is 11.9 Å². The highest BCUT2D eigenvalue weighted by atomic mass is 16.5. The third-order valence-corrected chi connectivity index (χ3v) is 4.76. The number of carbonyl (C=O) groups excluding carboxylic acids is 1. The molecule has 0 saturated carbocycles. The van der Waals surface area contributed by atoms with Crippen molar-refractivity contribution in [2.24, 2.45) is 0 Å². The molecule has 0 spiro atoms. The number of piperidine rings is 1. The number of hydrogen-bond donors (Lipinski definition) is 1. The molecule has 1 aromatic heterocycles. The van der Waals surface area contributed by atoms with Gasteiger partial charge in [0.25, 0.3) is 5.91 Å². The van der Waals surface area contributed by atoms with Crippen LogP contribution in [0.2, 0.25) is 0 Å². The van der Waals surface area contributed by atoms with Crippen molar-refractivity contribution in [2.45, 2.75) is 38.5 Å². The van der Waals surface area contributed by atoms with Crippen molar-refractivity contribution >= 4 is 5.91 Å². The van der Waals surface area contributed by atoms with Gasteiger partial charge in [-0.25, -0.2) is 0 Å². The minimum absolute atomic E-state index is 0.0365. The maximum Gasteiger partial charge on any atom is 0.253 e. The number of aromatic nitrogens is 1. The van der Waals surface area contributed by atoms with E-state index in [1.54, 1.807) is 0 Å². The molecule has 3 rings (SSSR count). The Morgan fingerprint density at radius 2 is 1.88 bits per heavy atom. The second-order valence-electron chi connectivity index (χ2n) is 6.66. The van der Waals surface area contributed by atoms with Crippen LogP contribution in [0.25, 0.3) is 0 Å². The van der Waals surface area contributed by atoms with Crippen LogP contribution in [-0.4, -0.2) is 41.5 Å². The average Bonchev–Trinajstić information content (AvgIpc) is 2.69. The lowest BCUT2D eigenvalue weighted by atomic mass is 10.0. The molecule has 1 aromatic carbocycles. The van der Waals surface area contributed by atoms with Crippen LogP contribution in [0.1, 0.15) is 37.0 Å². The predicted molar refractivity (Wildman–Crippen MR) is 101 cm³/mol. The van der Waals surface area contributed by atoms with Crippen molar-refractivity contribution in [3.8, 4) is 0 Å². The largest absolute Gasteiger partial charge is 0.364 e. The summed E-state index contributed by atoms with van der Waals surface area (Å²) in [4.78, 5) is 19.2. The zero-order valence-corrected chi connectivity index (χ0v) is 15.3. The molecule has 1 fully saturated rings. The number of amides is 1. The molecule has 1 unspecified atom stereocenters. The Balaban J connectivity index is 1.50. The van der Waals surface area contributed by atoms with Crippen molar-refractivity contribution in [1.82, 2.24) is 15.2 Å². The van der Waals surface area contributed by atoms with Crippen LogP contribution in [-0.2, 0) is 16.1 Å². The molecule has 26 heavy (non-hydrogen) atoms. The first-order chi connectivity index (χ1) is 12.8. The number of likely N-dealkylation sites (tertiary alicyclic amines) is 1. The number of benzene rings is 1. The Morgan fingerprint density at radius 1 is 1.19 bits per heavy atom. The van der Waals surface area contributed by atoms with Crippen molar-refractivity contribution in [1.29, 1.82) is 0 Å². The molecule has 1 saturated heterocycles. The highest BCUT2D eigenvalue weighted by molar-refractivity contribution is 5.82. The lowest BCUT2D eigenvalue weighted by Gasteiger charge is -2.33. The normalized spacial score (nSPS) is 17.0. The molecule has 5 nitrogen and oxygen atoms in total. The molecule has 2 aromatic rings. The number of nitrogens with zero attached hydrogens (tertiary/aromatic N) is 2. The molecule has 5 heteroatoms. The number of carbonyl (C=O) groups is 1. The van der Waals surface area contributed by atoms with Crippen LogP contribution < -0.4 is 5.32 Å². The molecule has 0 bridgehead atoms. The second kappa shape index (κ2) is 9.46. The topological polar surface area (TPSA) is 54.5 Å². The Morgan fingerprint density at radius 3 is 2.54 bits per heavy atom. The van der Waals surface area contributed by atoms with E-state index in [9.17, 15) is 4.79 Å². The summed E-state index contributed by atoms with van der Waals surface area (Å²) >= 11 is 0. The van der Waals surface area contributed by atoms with Crippen LogP contribution in [0.4, 0.5) is 0 Å². The standard InChI is InChI=1S/C21H27N3O2/c1-2-26-20(18-6-4-3-5-7-18)21(25)23-19-10-14-24(15-11-19)16-17-8-12-22-13-9-17/h3-9,12-13,19-20H,2,10-11,14-16H2,1H3,(H,23,25). The van der Waals surface area contributed by atoms with Gasteiger partial charge in [-0.05, 0) is 43.0 Å². The first-order valence-electron chi connectivity index (χ1n) is 9.34. The molecule has 0 aliphatic carbocycles. The van der Waals surface area contributed by atoms with Gasteiger partial charge in [0.15, 0.2) is 6.10 Å². The third kappa shape index (κ3) is 5.13. The highest BCUT2D eigenvalue weighted by Crippen LogP contribution is 2.19. The predicted octanol–water partition coefficient (Wildman–Crippen LogP) is 2.94. The summed E-state index contributed by atoms with van der Waals surface area (Å²) in [5, 5.41) is 3.19. The lowest BCUT2D eigenvalue weighted by Crippen LogP contribution is -2.46. The van der Waals surface area contributed by atoms with Crippen LogP contribution in [0.15, 0.2) is 54.9 Å². The number of hydrogen-bond acceptors (Lipinski definition) is 4. The zero-order valence-electron chi connectivity index (χ0n) is 15.3. The van der Waals surface area contributed by atoms with Gasteiger partial charge in [-0.15, -0.1) is 0 Å². The molecule has 1 aliphatic rings. The van der Waals surface area contributed by atoms with Crippen molar-refractivity contribution < 1.29 is 9.53 Å². The molecule has 1 aliphatic heterocycles. The van der Waals surface area contributed by atoms with E-state index in [2.05, 4.69) is 27.3 Å². The van der Waals surface area contributed by atoms with E-state index in [1.807, 2.05) is 49.6 Å². The third-order valence-electron chi connectivity index (χ3n) is 4.76. The van der Waals surface area contributed by atoms with Gasteiger partial charge in [-0.2, -0.15) is 0 Å². The summed E-state index contributed by atoms with van der Waals surface area (Å²) in [6.07, 6.45) is 5.06. The van der Waals surface area contributed by atoms with Crippen molar-refractivity contribution in [2.75, 3.05) is 19.7 Å². The Bertz CT molecular complexity index is 670. The smallest absolute Gasteiger partial charge is 0.253 e. The molecule has 2 heterocycles. The van der Waals surface area contributed by atoms with Gasteiger partial charge in [-0.3, -0.25) is 14.7 Å². The number of pyridine rings is 1. The Kier molecular flexibility index (Phi) is 6.75. The van der Waals surface area contributed by atoms with Gasteiger partial charge in [0, 0.05) is 44.7 Å². The van der Waals surface area contributed by atoms with Gasteiger partial charge < -0.3 is 10.1 Å². The van der Waals surface area contributed by atoms with Gasteiger partial charge in [0.2, 0.25) is 0 Å². The van der Waals surface area contributed by atoms with Crippen LogP contribution in [0, 0.1) is 0 Å². The lowest BCUT2D eigenvalue weighted by molar-refractivity contribution is -0.134. The van der Waals surface area contributed by atoms with Gasteiger partial charge in [-0.1, -0.05) is 30.3 Å². The molecule has 1 N–H and O–H groups in total. The molecule has 1 amide bonds. The molecule has 138 valence electrons. The summed E-state index contributed by atoms with van der Waals surface area (Å²) in [7, 11) is 0. The Labute approximate surface area is 155 Å². The summed E-state index contributed by atoms with van der Waals surface area (Å²) < 4.78 is 5.70. The zero-order chi connectivity index (χ0) is 18.2. The maximum atomic E-state index is 12.7. The van der Waals surface area contributed by atoms with E-state index in [0.717, 1.165) is 38.0 Å². The second-order valence-corrected chi connectivity index (χ2v) is 6.66. The van der Waals surface area contributed by atoms with Crippen LogP contribution >= 0.6 is 0 Å². The first-order valence-corrected chi connectivity index (χ1v) is 9.34. The van der Waals surface area contributed by atoms with Crippen LogP contribution in [0.3, 0.4) is 0 Å². The minimum atomic E-state index is -0.531. The fraction of sp³-hybridized carbons (Fsp3) is 0.429. The highest BCUT2D eigenvalue weighted by Gasteiger charge is 2.26. The minimum Gasteiger partial charge on any atom is -0.364 e. The fourth-order valence-corrected chi connectivity index (χ4v) is 3.38. The quantitative estimate of drug-likeness (QED) is 0.831. The fourth-order valence-electron chi connectivity index (χ4n) is 3.38. The van der Waals surface area contributed by atoms with Crippen molar-refractivity contribution in [3.63, 3.8) is 0 Å². The summed E-state index contributed by atoms with van der Waals surface area (Å²) in [5.74, 6) is -0.0365. The van der Waals surface area contributed by atoms with E-state index >= 15 is 0 Å². The molecule has 0 radical (unpaired) electrons. The molecular formula is C21H27N3O2. The number of nitrogens with one attached hydrogen (secondary N) is 1. The molecular weight excluding hydrogens is 326 g/mol. The summed E-state index contributed by atoms with van der Waals surface area (Å²) in [6, 6.07) is 14.0. The van der Waals surface area contributed by atoms with Gasteiger partial charge in [0.05, 0.1) is 0 Å². The average molecular weight is 353 g/mol. The first kappa shape index (κ1) is 18.5. The maximum absolute atomic E-state index is 12.7.